The molecule has 2 aromatic heterocycles. The van der Waals surface area contributed by atoms with Crippen molar-refractivity contribution in [1.82, 2.24) is 24.8 Å². The van der Waals surface area contributed by atoms with Gasteiger partial charge in [-0.15, -0.1) is 24.8 Å². The van der Waals surface area contributed by atoms with E-state index < -0.39 is 0 Å². The van der Waals surface area contributed by atoms with Crippen molar-refractivity contribution in [2.75, 3.05) is 19.6 Å². The first-order valence-electron chi connectivity index (χ1n) is 6.71. The summed E-state index contributed by atoms with van der Waals surface area (Å²) < 4.78 is 1.81. The van der Waals surface area contributed by atoms with E-state index in [1.54, 1.807) is 23.3 Å². The molecule has 8 heteroatoms. The molecule has 0 aliphatic carbocycles. The molecule has 0 spiro atoms. The van der Waals surface area contributed by atoms with Gasteiger partial charge in [-0.25, -0.2) is 9.97 Å². The number of carbonyl (C=O) groups excluding carboxylic acids is 1. The molecule has 3 rings (SSSR count). The minimum Gasteiger partial charge on any atom is -0.336 e. The van der Waals surface area contributed by atoms with Gasteiger partial charge in [-0.2, -0.15) is 0 Å². The van der Waals surface area contributed by atoms with Crippen LogP contribution >= 0.6 is 24.8 Å². The molecule has 22 heavy (non-hydrogen) atoms. The second kappa shape index (κ2) is 8.12. The highest BCUT2D eigenvalue weighted by Crippen LogP contribution is 2.10. The molecular weight excluding hydrogens is 325 g/mol. The number of pyridine rings is 1. The number of aromatic nitrogens is 3. The normalized spacial score (nSPS) is 17.3. The van der Waals surface area contributed by atoms with Gasteiger partial charge in [-0.3, -0.25) is 9.36 Å². The second-order valence-corrected chi connectivity index (χ2v) is 4.98. The summed E-state index contributed by atoms with van der Waals surface area (Å²) in [6.45, 7) is 4.40. The first-order valence-corrected chi connectivity index (χ1v) is 6.71. The van der Waals surface area contributed by atoms with Crippen molar-refractivity contribution < 1.29 is 4.79 Å². The molecule has 120 valence electrons. The molecule has 0 radical (unpaired) electrons. The van der Waals surface area contributed by atoms with Crippen LogP contribution in [0.5, 0.6) is 0 Å². The molecule has 1 aliphatic heterocycles. The van der Waals surface area contributed by atoms with E-state index in [1.807, 2.05) is 23.2 Å². The third-order valence-electron chi connectivity index (χ3n) is 3.42. The molecule has 1 saturated heterocycles. The SMILES string of the molecule is CC1CN(C(=O)c2ccc(-n3ccnc3)nc2)CCN1.Cl.Cl. The zero-order valence-corrected chi connectivity index (χ0v) is 13.8. The first kappa shape index (κ1) is 18.4. The van der Waals surface area contributed by atoms with E-state index >= 15 is 0 Å². The van der Waals surface area contributed by atoms with Crippen molar-refractivity contribution in [3.05, 3.63) is 42.6 Å². The number of imidazole rings is 1. The summed E-state index contributed by atoms with van der Waals surface area (Å²) in [5.41, 5.74) is 0.628. The fourth-order valence-electron chi connectivity index (χ4n) is 2.36. The number of amides is 1. The van der Waals surface area contributed by atoms with Gasteiger partial charge in [0.15, 0.2) is 0 Å². The lowest BCUT2D eigenvalue weighted by molar-refractivity contribution is 0.0708. The number of hydrogen-bond donors (Lipinski definition) is 1. The van der Waals surface area contributed by atoms with Crippen LogP contribution in [0.25, 0.3) is 5.82 Å². The van der Waals surface area contributed by atoms with Gasteiger partial charge in [-0.05, 0) is 19.1 Å². The summed E-state index contributed by atoms with van der Waals surface area (Å²) in [4.78, 5) is 22.5. The molecule has 1 unspecified atom stereocenters. The Hall–Kier alpha value is -1.63. The molecule has 1 aliphatic rings. The van der Waals surface area contributed by atoms with Gasteiger partial charge in [0.2, 0.25) is 0 Å². The fourth-order valence-corrected chi connectivity index (χ4v) is 2.36. The van der Waals surface area contributed by atoms with Crippen LogP contribution in [0.2, 0.25) is 0 Å². The largest absolute Gasteiger partial charge is 0.336 e. The lowest BCUT2D eigenvalue weighted by Crippen LogP contribution is -2.51. The number of rotatable bonds is 2. The maximum absolute atomic E-state index is 12.4. The van der Waals surface area contributed by atoms with E-state index in [0.29, 0.717) is 11.6 Å². The van der Waals surface area contributed by atoms with E-state index in [4.69, 9.17) is 0 Å². The summed E-state index contributed by atoms with van der Waals surface area (Å²) in [7, 11) is 0. The Labute approximate surface area is 141 Å². The van der Waals surface area contributed by atoms with Crippen LogP contribution in [0.3, 0.4) is 0 Å². The number of nitrogens with zero attached hydrogens (tertiary/aromatic N) is 4. The zero-order valence-electron chi connectivity index (χ0n) is 12.2. The lowest BCUT2D eigenvalue weighted by atomic mass is 10.2. The highest BCUT2D eigenvalue weighted by molar-refractivity contribution is 5.94. The van der Waals surface area contributed by atoms with Crippen molar-refractivity contribution in [1.29, 1.82) is 0 Å². The highest BCUT2D eigenvalue weighted by atomic mass is 35.5. The number of carbonyl (C=O) groups is 1. The standard InChI is InChI=1S/C14H17N5O.2ClH/c1-11-9-18(7-5-16-11)14(20)12-2-3-13(17-8-12)19-6-4-15-10-19;;/h2-4,6,8,10-11,16H,5,7,9H2,1H3;2*1H. The Kier molecular flexibility index (Phi) is 6.80. The Morgan fingerprint density at radius 3 is 2.77 bits per heavy atom. The van der Waals surface area contributed by atoms with Gasteiger partial charge in [0, 0.05) is 44.3 Å². The molecular formula is C14H19Cl2N5O. The molecule has 1 atom stereocenters. The third-order valence-corrected chi connectivity index (χ3v) is 3.42. The third kappa shape index (κ3) is 3.97. The fraction of sp³-hybridized carbons (Fsp3) is 0.357. The molecule has 3 heterocycles. The Morgan fingerprint density at radius 1 is 1.36 bits per heavy atom. The van der Waals surface area contributed by atoms with E-state index in [2.05, 4.69) is 22.2 Å². The van der Waals surface area contributed by atoms with E-state index in [9.17, 15) is 4.79 Å². The minimum absolute atomic E-state index is 0. The quantitative estimate of drug-likeness (QED) is 0.898. The summed E-state index contributed by atoms with van der Waals surface area (Å²) >= 11 is 0. The number of halogens is 2. The number of piperazine rings is 1. The molecule has 0 bridgehead atoms. The van der Waals surface area contributed by atoms with Gasteiger partial charge in [0.25, 0.3) is 5.91 Å². The Balaban J connectivity index is 0.00000121. The van der Waals surface area contributed by atoms with Crippen molar-refractivity contribution in [3.63, 3.8) is 0 Å². The average molecular weight is 344 g/mol. The molecule has 0 saturated carbocycles. The molecule has 0 aromatic carbocycles. The molecule has 1 fully saturated rings. The van der Waals surface area contributed by atoms with Crippen molar-refractivity contribution >= 4 is 30.7 Å². The molecule has 2 aromatic rings. The lowest BCUT2D eigenvalue weighted by Gasteiger charge is -2.31. The maximum Gasteiger partial charge on any atom is 0.255 e. The molecule has 6 nitrogen and oxygen atoms in total. The average Bonchev–Trinajstić information content (AvgIpc) is 3.01. The van der Waals surface area contributed by atoms with E-state index in [1.165, 1.54) is 0 Å². The maximum atomic E-state index is 12.4. The first-order chi connectivity index (χ1) is 9.74. The second-order valence-electron chi connectivity index (χ2n) is 4.98. The van der Waals surface area contributed by atoms with Crippen molar-refractivity contribution in [2.45, 2.75) is 13.0 Å². The Morgan fingerprint density at radius 2 is 2.18 bits per heavy atom. The van der Waals surface area contributed by atoms with Crippen molar-refractivity contribution in [2.24, 2.45) is 0 Å². The number of nitrogens with one attached hydrogen (secondary N) is 1. The smallest absolute Gasteiger partial charge is 0.255 e. The van der Waals surface area contributed by atoms with Gasteiger partial charge >= 0.3 is 0 Å². The summed E-state index contributed by atoms with van der Waals surface area (Å²) in [6, 6.07) is 3.99. The van der Waals surface area contributed by atoms with Crippen LogP contribution in [0.4, 0.5) is 0 Å². The van der Waals surface area contributed by atoms with Crippen LogP contribution in [-0.4, -0.2) is 51.0 Å². The van der Waals surface area contributed by atoms with Crippen molar-refractivity contribution in [3.8, 4) is 5.82 Å². The number of hydrogen-bond acceptors (Lipinski definition) is 4. The van der Waals surface area contributed by atoms with Crippen LogP contribution in [0.1, 0.15) is 17.3 Å². The predicted molar refractivity (Wildman–Crippen MR) is 89.2 cm³/mol. The molecule has 1 amide bonds. The van der Waals surface area contributed by atoms with Gasteiger partial charge in [-0.1, -0.05) is 0 Å². The predicted octanol–water partition coefficient (Wildman–Crippen LogP) is 1.54. The summed E-state index contributed by atoms with van der Waals surface area (Å²) in [5.74, 6) is 0.802. The minimum atomic E-state index is 0. The van der Waals surface area contributed by atoms with Gasteiger partial charge < -0.3 is 10.2 Å². The van der Waals surface area contributed by atoms with Crippen LogP contribution in [-0.2, 0) is 0 Å². The summed E-state index contributed by atoms with van der Waals surface area (Å²) in [6.07, 6.45) is 6.83. The van der Waals surface area contributed by atoms with Crippen LogP contribution in [0, 0.1) is 0 Å². The van der Waals surface area contributed by atoms with Gasteiger partial charge in [0.05, 0.1) is 5.56 Å². The van der Waals surface area contributed by atoms with E-state index in [-0.39, 0.29) is 30.7 Å². The summed E-state index contributed by atoms with van der Waals surface area (Å²) in [5, 5.41) is 3.33. The van der Waals surface area contributed by atoms with Gasteiger partial charge in [0.1, 0.15) is 12.1 Å². The van der Waals surface area contributed by atoms with Crippen LogP contribution < -0.4 is 5.32 Å². The molecule has 1 N–H and O–H groups in total. The highest BCUT2D eigenvalue weighted by Gasteiger charge is 2.21. The van der Waals surface area contributed by atoms with E-state index in [0.717, 1.165) is 25.5 Å². The topological polar surface area (TPSA) is 63.1 Å². The van der Waals surface area contributed by atoms with Crippen LogP contribution in [0.15, 0.2) is 37.1 Å². The zero-order chi connectivity index (χ0) is 13.9. The monoisotopic (exact) mass is 343 g/mol. The Bertz CT molecular complexity index is 588.